The summed E-state index contributed by atoms with van der Waals surface area (Å²) in [5.74, 6) is 0.294. The van der Waals surface area contributed by atoms with E-state index in [9.17, 15) is 4.79 Å². The van der Waals surface area contributed by atoms with Gasteiger partial charge in [0.2, 0.25) is 0 Å². The van der Waals surface area contributed by atoms with Gasteiger partial charge in [0.05, 0.1) is 5.69 Å². The molecule has 118 valence electrons. The number of fused-ring (bicyclic) bond motifs is 1. The highest BCUT2D eigenvalue weighted by atomic mass is 35.5. The maximum atomic E-state index is 12.1. The summed E-state index contributed by atoms with van der Waals surface area (Å²) in [5.41, 5.74) is 8.73. The molecular weight excluding hydrogens is 314 g/mol. The Kier molecular flexibility index (Phi) is 3.92. The molecule has 7 heteroatoms. The van der Waals surface area contributed by atoms with Crippen LogP contribution in [0.2, 0.25) is 5.02 Å². The molecule has 0 radical (unpaired) electrons. The number of carbonyl (C=O) groups is 1. The van der Waals surface area contributed by atoms with Crippen molar-refractivity contribution in [1.82, 2.24) is 20.2 Å². The SMILES string of the molecule is Cc1cc(NNC(=O)c2ccc(Cl)cc2)nc2c1c(C)nn2C. The van der Waals surface area contributed by atoms with Crippen LogP contribution >= 0.6 is 11.6 Å². The molecule has 0 aliphatic carbocycles. The van der Waals surface area contributed by atoms with Crippen molar-refractivity contribution < 1.29 is 4.79 Å². The Morgan fingerprint density at radius 2 is 1.91 bits per heavy atom. The second-order valence-electron chi connectivity index (χ2n) is 5.32. The van der Waals surface area contributed by atoms with E-state index < -0.39 is 0 Å². The summed E-state index contributed by atoms with van der Waals surface area (Å²) in [6.45, 7) is 3.94. The third-order valence-electron chi connectivity index (χ3n) is 3.58. The molecule has 0 saturated heterocycles. The molecule has 23 heavy (non-hydrogen) atoms. The van der Waals surface area contributed by atoms with Crippen molar-refractivity contribution >= 4 is 34.4 Å². The maximum Gasteiger partial charge on any atom is 0.269 e. The number of halogens is 1. The molecule has 0 atom stereocenters. The van der Waals surface area contributed by atoms with Crippen LogP contribution in [0, 0.1) is 13.8 Å². The fourth-order valence-electron chi connectivity index (χ4n) is 2.52. The molecule has 2 N–H and O–H groups in total. The van der Waals surface area contributed by atoms with Crippen LogP contribution in [0.15, 0.2) is 30.3 Å². The number of pyridine rings is 1. The van der Waals surface area contributed by atoms with E-state index in [1.165, 1.54) is 0 Å². The molecule has 0 aliphatic rings. The number of hydrogen-bond acceptors (Lipinski definition) is 4. The average Bonchev–Trinajstić information content (AvgIpc) is 2.80. The number of carbonyl (C=O) groups excluding carboxylic acids is 1. The van der Waals surface area contributed by atoms with Gasteiger partial charge in [-0.15, -0.1) is 0 Å². The summed E-state index contributed by atoms with van der Waals surface area (Å²) in [5, 5.41) is 5.99. The Labute approximate surface area is 138 Å². The Morgan fingerprint density at radius 1 is 1.22 bits per heavy atom. The Bertz CT molecular complexity index is 886. The number of rotatable bonds is 3. The summed E-state index contributed by atoms with van der Waals surface area (Å²) < 4.78 is 1.73. The Morgan fingerprint density at radius 3 is 2.61 bits per heavy atom. The number of nitrogens with one attached hydrogen (secondary N) is 2. The number of hydrogen-bond donors (Lipinski definition) is 2. The molecule has 0 saturated carbocycles. The zero-order valence-electron chi connectivity index (χ0n) is 13.0. The van der Waals surface area contributed by atoms with Gasteiger partial charge in [-0.3, -0.25) is 20.3 Å². The third-order valence-corrected chi connectivity index (χ3v) is 3.83. The van der Waals surface area contributed by atoms with Crippen molar-refractivity contribution in [3.8, 4) is 0 Å². The number of aromatic nitrogens is 3. The molecule has 2 aromatic heterocycles. The zero-order chi connectivity index (χ0) is 16.6. The standard InChI is InChI=1S/C16H16ClN5O/c1-9-8-13(18-15-14(9)10(2)21-22(15)3)19-20-16(23)11-4-6-12(17)7-5-11/h4-8H,1-3H3,(H,18,19)(H,20,23). The highest BCUT2D eigenvalue weighted by Gasteiger charge is 2.11. The first-order valence-electron chi connectivity index (χ1n) is 7.08. The lowest BCUT2D eigenvalue weighted by Gasteiger charge is -2.09. The van der Waals surface area contributed by atoms with Gasteiger partial charge in [-0.1, -0.05) is 11.6 Å². The number of aryl methyl sites for hydroxylation is 3. The molecule has 2 heterocycles. The minimum absolute atomic E-state index is 0.262. The van der Waals surface area contributed by atoms with Crippen molar-refractivity contribution in [1.29, 1.82) is 0 Å². The van der Waals surface area contributed by atoms with E-state index in [0.29, 0.717) is 16.4 Å². The van der Waals surface area contributed by atoms with Crippen LogP contribution in [-0.2, 0) is 7.05 Å². The van der Waals surface area contributed by atoms with Crippen molar-refractivity contribution in [3.05, 3.63) is 52.2 Å². The van der Waals surface area contributed by atoms with Gasteiger partial charge in [-0.05, 0) is 49.7 Å². The topological polar surface area (TPSA) is 71.8 Å². The van der Waals surface area contributed by atoms with Crippen molar-refractivity contribution in [2.24, 2.45) is 7.05 Å². The van der Waals surface area contributed by atoms with Gasteiger partial charge in [0.1, 0.15) is 5.82 Å². The Hall–Kier alpha value is -2.60. The number of anilines is 1. The average molecular weight is 330 g/mol. The van der Waals surface area contributed by atoms with E-state index in [4.69, 9.17) is 11.6 Å². The number of hydrazine groups is 1. The minimum atomic E-state index is -0.262. The molecule has 0 aliphatic heterocycles. The van der Waals surface area contributed by atoms with Gasteiger partial charge >= 0.3 is 0 Å². The normalized spacial score (nSPS) is 10.8. The smallest absolute Gasteiger partial charge is 0.269 e. The van der Waals surface area contributed by atoms with Crippen molar-refractivity contribution in [2.45, 2.75) is 13.8 Å². The quantitative estimate of drug-likeness (QED) is 0.725. The van der Waals surface area contributed by atoms with E-state index in [2.05, 4.69) is 20.9 Å². The molecule has 3 aromatic rings. The number of nitrogens with zero attached hydrogens (tertiary/aromatic N) is 3. The lowest BCUT2D eigenvalue weighted by Crippen LogP contribution is -2.29. The Balaban J connectivity index is 1.80. The first kappa shape index (κ1) is 15.3. The largest absolute Gasteiger partial charge is 0.282 e. The second kappa shape index (κ2) is 5.89. The number of benzene rings is 1. The molecule has 0 bridgehead atoms. The molecule has 0 unspecified atom stereocenters. The van der Waals surface area contributed by atoms with Gasteiger partial charge < -0.3 is 0 Å². The molecule has 1 aromatic carbocycles. The highest BCUT2D eigenvalue weighted by molar-refractivity contribution is 6.30. The van der Waals surface area contributed by atoms with Crippen LogP contribution in [0.3, 0.4) is 0 Å². The van der Waals surface area contributed by atoms with Crippen LogP contribution in [0.4, 0.5) is 5.82 Å². The number of amides is 1. The maximum absolute atomic E-state index is 12.1. The van der Waals surface area contributed by atoms with Gasteiger partial charge in [-0.2, -0.15) is 5.10 Å². The van der Waals surface area contributed by atoms with E-state index in [1.54, 1.807) is 28.9 Å². The highest BCUT2D eigenvalue weighted by Crippen LogP contribution is 2.22. The van der Waals surface area contributed by atoms with Gasteiger partial charge in [0.15, 0.2) is 5.65 Å². The summed E-state index contributed by atoms with van der Waals surface area (Å²) in [7, 11) is 1.85. The fourth-order valence-corrected chi connectivity index (χ4v) is 2.64. The summed E-state index contributed by atoms with van der Waals surface area (Å²) in [6, 6.07) is 8.53. The lowest BCUT2D eigenvalue weighted by atomic mass is 10.1. The fraction of sp³-hybridized carbons (Fsp3) is 0.188. The molecule has 3 rings (SSSR count). The van der Waals surface area contributed by atoms with Crippen LogP contribution in [0.5, 0.6) is 0 Å². The lowest BCUT2D eigenvalue weighted by molar-refractivity contribution is 0.0962. The van der Waals surface area contributed by atoms with E-state index in [0.717, 1.165) is 22.3 Å². The van der Waals surface area contributed by atoms with E-state index in [-0.39, 0.29) is 5.91 Å². The van der Waals surface area contributed by atoms with Crippen molar-refractivity contribution in [2.75, 3.05) is 5.43 Å². The first-order chi connectivity index (χ1) is 11.0. The first-order valence-corrected chi connectivity index (χ1v) is 7.46. The van der Waals surface area contributed by atoms with Crippen LogP contribution in [-0.4, -0.2) is 20.7 Å². The molecule has 1 amide bonds. The van der Waals surface area contributed by atoms with Crippen molar-refractivity contribution in [3.63, 3.8) is 0 Å². The minimum Gasteiger partial charge on any atom is -0.282 e. The van der Waals surface area contributed by atoms with Gasteiger partial charge in [0.25, 0.3) is 5.91 Å². The molecule has 0 fully saturated rings. The summed E-state index contributed by atoms with van der Waals surface area (Å²) >= 11 is 5.81. The molecular formula is C16H16ClN5O. The predicted molar refractivity (Wildman–Crippen MR) is 90.5 cm³/mol. The predicted octanol–water partition coefficient (Wildman–Crippen LogP) is 3.00. The van der Waals surface area contributed by atoms with Gasteiger partial charge in [-0.25, -0.2) is 4.98 Å². The third kappa shape index (κ3) is 2.98. The van der Waals surface area contributed by atoms with Crippen LogP contribution < -0.4 is 10.9 Å². The van der Waals surface area contributed by atoms with Crippen LogP contribution in [0.25, 0.3) is 11.0 Å². The van der Waals surface area contributed by atoms with Gasteiger partial charge in [0, 0.05) is 23.0 Å². The van der Waals surface area contributed by atoms with E-state index in [1.807, 2.05) is 27.0 Å². The monoisotopic (exact) mass is 329 g/mol. The summed E-state index contributed by atoms with van der Waals surface area (Å²) in [4.78, 5) is 16.6. The van der Waals surface area contributed by atoms with Crippen LogP contribution in [0.1, 0.15) is 21.6 Å². The van der Waals surface area contributed by atoms with E-state index >= 15 is 0 Å². The second-order valence-corrected chi connectivity index (χ2v) is 5.75. The summed E-state index contributed by atoms with van der Waals surface area (Å²) in [6.07, 6.45) is 0. The molecule has 6 nitrogen and oxygen atoms in total. The molecule has 0 spiro atoms. The zero-order valence-corrected chi connectivity index (χ0v) is 13.8.